The third-order valence-corrected chi connectivity index (χ3v) is 5.29. The summed E-state index contributed by atoms with van der Waals surface area (Å²) in [4.78, 5) is 16.6. The van der Waals surface area contributed by atoms with Crippen molar-refractivity contribution in [2.45, 2.75) is 12.7 Å². The van der Waals surface area contributed by atoms with E-state index in [9.17, 15) is 4.79 Å². The van der Waals surface area contributed by atoms with Crippen molar-refractivity contribution in [2.24, 2.45) is 0 Å². The summed E-state index contributed by atoms with van der Waals surface area (Å²) in [5.74, 6) is 1.74. The first-order valence-electron chi connectivity index (χ1n) is 7.61. The van der Waals surface area contributed by atoms with Crippen molar-refractivity contribution in [1.29, 1.82) is 0 Å². The van der Waals surface area contributed by atoms with E-state index in [0.29, 0.717) is 23.9 Å². The summed E-state index contributed by atoms with van der Waals surface area (Å²) in [6, 6.07) is 15.2. The van der Waals surface area contributed by atoms with Crippen LogP contribution in [-0.2, 0) is 10.5 Å². The summed E-state index contributed by atoms with van der Waals surface area (Å²) in [6.45, 7) is 2.42. The molecule has 0 N–H and O–H groups in total. The minimum Gasteiger partial charge on any atom is -0.490 e. The van der Waals surface area contributed by atoms with Gasteiger partial charge in [0.1, 0.15) is 5.01 Å². The van der Waals surface area contributed by atoms with Crippen molar-refractivity contribution < 1.29 is 14.3 Å². The highest BCUT2D eigenvalue weighted by molar-refractivity contribution is 7.99. The summed E-state index contributed by atoms with van der Waals surface area (Å²) in [7, 11) is 0. The molecule has 4 nitrogen and oxygen atoms in total. The quantitative estimate of drug-likeness (QED) is 0.458. The zero-order chi connectivity index (χ0) is 16.8. The second-order valence-corrected chi connectivity index (χ2v) is 7.02. The van der Waals surface area contributed by atoms with E-state index in [1.807, 2.05) is 37.3 Å². The molecule has 124 valence electrons. The number of hydrogen-bond acceptors (Lipinski definition) is 6. The van der Waals surface area contributed by atoms with Gasteiger partial charge in [-0.05, 0) is 31.2 Å². The summed E-state index contributed by atoms with van der Waals surface area (Å²) in [5, 5.41) is 1.02. The van der Waals surface area contributed by atoms with E-state index in [0.717, 1.165) is 10.5 Å². The number of fused-ring (bicyclic) bond motifs is 1. The van der Waals surface area contributed by atoms with Crippen molar-refractivity contribution in [3.05, 3.63) is 53.5 Å². The molecule has 0 aliphatic heterocycles. The van der Waals surface area contributed by atoms with Crippen LogP contribution in [0.1, 0.15) is 11.9 Å². The fourth-order valence-electron chi connectivity index (χ4n) is 2.16. The lowest BCUT2D eigenvalue weighted by molar-refractivity contribution is -0.131. The molecular weight excluding hydrogens is 342 g/mol. The highest BCUT2D eigenvalue weighted by Gasteiger charge is 2.11. The van der Waals surface area contributed by atoms with Gasteiger partial charge in [-0.15, -0.1) is 23.1 Å². The number of ether oxygens (including phenoxy) is 2. The largest absolute Gasteiger partial charge is 0.490 e. The SMILES string of the molecule is CCOc1ccccc1OC(=O)CSCc1nc2ccccc2s1. The Labute approximate surface area is 148 Å². The van der Waals surface area contributed by atoms with Gasteiger partial charge in [0, 0.05) is 5.75 Å². The number of esters is 1. The number of carbonyl (C=O) groups excluding carboxylic acids is 1. The highest BCUT2D eigenvalue weighted by atomic mass is 32.2. The third-order valence-electron chi connectivity index (χ3n) is 3.16. The van der Waals surface area contributed by atoms with Crippen LogP contribution in [0.4, 0.5) is 0 Å². The Morgan fingerprint density at radius 3 is 2.67 bits per heavy atom. The highest BCUT2D eigenvalue weighted by Crippen LogP contribution is 2.28. The molecule has 2 aromatic carbocycles. The van der Waals surface area contributed by atoms with Gasteiger partial charge in [-0.3, -0.25) is 4.79 Å². The van der Waals surface area contributed by atoms with E-state index < -0.39 is 0 Å². The zero-order valence-electron chi connectivity index (χ0n) is 13.2. The van der Waals surface area contributed by atoms with Crippen LogP contribution in [0, 0.1) is 0 Å². The summed E-state index contributed by atoms with van der Waals surface area (Å²) in [5.41, 5.74) is 1.01. The first kappa shape index (κ1) is 16.8. The van der Waals surface area contributed by atoms with E-state index in [4.69, 9.17) is 9.47 Å². The van der Waals surface area contributed by atoms with E-state index in [-0.39, 0.29) is 11.7 Å². The van der Waals surface area contributed by atoms with Crippen molar-refractivity contribution in [3.63, 3.8) is 0 Å². The van der Waals surface area contributed by atoms with Crippen LogP contribution in [0.5, 0.6) is 11.5 Å². The second kappa shape index (κ2) is 8.17. The van der Waals surface area contributed by atoms with Gasteiger partial charge in [0.15, 0.2) is 11.5 Å². The van der Waals surface area contributed by atoms with E-state index in [1.54, 1.807) is 23.5 Å². The molecule has 0 aliphatic rings. The maximum absolute atomic E-state index is 12.0. The number of hydrogen-bond donors (Lipinski definition) is 0. The molecule has 0 atom stereocenters. The number of thiazole rings is 1. The molecule has 3 aromatic rings. The Hall–Kier alpha value is -2.05. The van der Waals surface area contributed by atoms with Crippen LogP contribution in [0.3, 0.4) is 0 Å². The number of benzene rings is 2. The number of thioether (sulfide) groups is 1. The van der Waals surface area contributed by atoms with E-state index in [2.05, 4.69) is 11.1 Å². The number of rotatable bonds is 7. The number of para-hydroxylation sites is 3. The maximum Gasteiger partial charge on any atom is 0.321 e. The van der Waals surface area contributed by atoms with Gasteiger partial charge < -0.3 is 9.47 Å². The molecule has 0 spiro atoms. The van der Waals surface area contributed by atoms with Crippen molar-refractivity contribution in [3.8, 4) is 11.5 Å². The molecule has 1 aromatic heterocycles. The number of carbonyl (C=O) groups is 1. The lowest BCUT2D eigenvalue weighted by atomic mass is 10.3. The van der Waals surface area contributed by atoms with Crippen molar-refractivity contribution in [1.82, 2.24) is 4.98 Å². The van der Waals surface area contributed by atoms with Crippen LogP contribution in [0.25, 0.3) is 10.2 Å². The average molecular weight is 359 g/mol. The molecule has 0 aliphatic carbocycles. The summed E-state index contributed by atoms with van der Waals surface area (Å²) in [6.07, 6.45) is 0. The lowest BCUT2D eigenvalue weighted by Gasteiger charge is -2.09. The van der Waals surface area contributed by atoms with Gasteiger partial charge in [-0.25, -0.2) is 4.98 Å². The minimum atomic E-state index is -0.284. The molecule has 0 saturated carbocycles. The monoisotopic (exact) mass is 359 g/mol. The average Bonchev–Trinajstić information content (AvgIpc) is 2.99. The molecule has 0 radical (unpaired) electrons. The minimum absolute atomic E-state index is 0.274. The molecule has 1 heterocycles. The zero-order valence-corrected chi connectivity index (χ0v) is 14.9. The molecular formula is C18H17NO3S2. The third kappa shape index (κ3) is 4.27. The normalized spacial score (nSPS) is 10.7. The molecule has 24 heavy (non-hydrogen) atoms. The topological polar surface area (TPSA) is 48.4 Å². The molecule has 3 rings (SSSR count). The number of aromatic nitrogens is 1. The van der Waals surface area contributed by atoms with Crippen LogP contribution in [-0.4, -0.2) is 23.3 Å². The fraction of sp³-hybridized carbons (Fsp3) is 0.222. The first-order valence-corrected chi connectivity index (χ1v) is 9.58. The van der Waals surface area contributed by atoms with Gasteiger partial charge in [-0.1, -0.05) is 24.3 Å². The van der Waals surface area contributed by atoms with Gasteiger partial charge >= 0.3 is 5.97 Å². The number of nitrogens with zero attached hydrogens (tertiary/aromatic N) is 1. The van der Waals surface area contributed by atoms with Crippen LogP contribution in [0.2, 0.25) is 0 Å². The Morgan fingerprint density at radius 2 is 1.88 bits per heavy atom. The molecule has 0 unspecified atom stereocenters. The molecule has 0 amide bonds. The Morgan fingerprint density at radius 1 is 1.12 bits per heavy atom. The van der Waals surface area contributed by atoms with Gasteiger partial charge in [0.2, 0.25) is 0 Å². The van der Waals surface area contributed by atoms with Crippen LogP contribution in [0.15, 0.2) is 48.5 Å². The van der Waals surface area contributed by atoms with Gasteiger partial charge in [0.05, 0.1) is 22.6 Å². The lowest BCUT2D eigenvalue weighted by Crippen LogP contribution is -2.11. The summed E-state index contributed by atoms with van der Waals surface area (Å²) < 4.78 is 12.0. The second-order valence-electron chi connectivity index (χ2n) is 4.92. The molecule has 0 fully saturated rings. The predicted molar refractivity (Wildman–Crippen MR) is 99.0 cm³/mol. The van der Waals surface area contributed by atoms with Crippen LogP contribution < -0.4 is 9.47 Å². The van der Waals surface area contributed by atoms with E-state index in [1.165, 1.54) is 16.5 Å². The van der Waals surface area contributed by atoms with Gasteiger partial charge in [0.25, 0.3) is 0 Å². The Balaban J connectivity index is 1.52. The predicted octanol–water partition coefficient (Wildman–Crippen LogP) is 4.53. The molecule has 6 heteroatoms. The van der Waals surface area contributed by atoms with Crippen molar-refractivity contribution >= 4 is 39.3 Å². The van der Waals surface area contributed by atoms with Crippen molar-refractivity contribution in [2.75, 3.05) is 12.4 Å². The Bertz CT molecular complexity index is 799. The van der Waals surface area contributed by atoms with Gasteiger partial charge in [-0.2, -0.15) is 0 Å². The summed E-state index contributed by atoms with van der Waals surface area (Å²) >= 11 is 3.16. The first-order chi connectivity index (χ1) is 11.8. The maximum atomic E-state index is 12.0. The standard InChI is InChI=1S/C18H17NO3S2/c1-2-21-14-8-4-5-9-15(14)22-18(20)12-23-11-17-19-13-7-3-6-10-16(13)24-17/h3-10H,2,11-12H2,1H3. The van der Waals surface area contributed by atoms with Crippen LogP contribution >= 0.6 is 23.1 Å². The Kier molecular flexibility index (Phi) is 5.72. The smallest absolute Gasteiger partial charge is 0.321 e. The molecule has 0 bridgehead atoms. The fourth-order valence-corrected chi connectivity index (χ4v) is 3.98. The van der Waals surface area contributed by atoms with E-state index >= 15 is 0 Å². The molecule has 0 saturated heterocycles.